The zero-order valence-corrected chi connectivity index (χ0v) is 19.7. The highest BCUT2D eigenvalue weighted by atomic mass is 32.1. The minimum atomic E-state index is -4.47. The molecule has 2 aromatic heterocycles. The molecule has 0 amide bonds. The smallest absolute Gasteiger partial charge is 0.416 e. The normalized spacial score (nSPS) is 11.9. The van der Waals surface area contributed by atoms with Gasteiger partial charge in [-0.2, -0.15) is 13.2 Å². The summed E-state index contributed by atoms with van der Waals surface area (Å²) >= 11 is 1.28. The van der Waals surface area contributed by atoms with E-state index in [4.69, 9.17) is 14.2 Å². The van der Waals surface area contributed by atoms with Crippen molar-refractivity contribution in [2.75, 3.05) is 27.4 Å². The number of aromatic nitrogens is 2. The number of halogens is 3. The zero-order valence-electron chi connectivity index (χ0n) is 18.8. The Kier molecular flexibility index (Phi) is 7.23. The molecule has 0 aliphatic carbocycles. The Morgan fingerprint density at radius 3 is 2.51 bits per heavy atom. The van der Waals surface area contributed by atoms with Gasteiger partial charge in [0.15, 0.2) is 16.5 Å². The first kappa shape index (κ1) is 24.5. The second kappa shape index (κ2) is 10.3. The van der Waals surface area contributed by atoms with Gasteiger partial charge in [-0.15, -0.1) is 11.3 Å². The molecule has 0 aliphatic rings. The Morgan fingerprint density at radius 2 is 1.83 bits per heavy atom. The Bertz CT molecular complexity index is 1410. The molecular weight excluding hydrogens is 481 g/mol. The number of rotatable bonds is 8. The molecule has 10 heteroatoms. The molecule has 2 aromatic carbocycles. The monoisotopic (exact) mass is 502 g/mol. The minimum Gasteiger partial charge on any atom is -0.493 e. The van der Waals surface area contributed by atoms with Crippen molar-refractivity contribution < 1.29 is 27.4 Å². The van der Waals surface area contributed by atoms with Crippen LogP contribution in [0.3, 0.4) is 0 Å². The van der Waals surface area contributed by atoms with E-state index in [2.05, 4.69) is 4.98 Å². The second-order valence-electron chi connectivity index (χ2n) is 7.36. The van der Waals surface area contributed by atoms with Crippen molar-refractivity contribution in [1.29, 1.82) is 0 Å². The van der Waals surface area contributed by atoms with Crippen molar-refractivity contribution in [3.8, 4) is 22.6 Å². The summed E-state index contributed by atoms with van der Waals surface area (Å²) in [4.78, 5) is 18.3. The van der Waals surface area contributed by atoms with Crippen molar-refractivity contribution >= 4 is 28.4 Å². The first-order valence-electron chi connectivity index (χ1n) is 10.5. The lowest BCUT2D eigenvalue weighted by molar-refractivity contribution is -0.137. The third-order valence-corrected chi connectivity index (χ3v) is 5.94. The highest BCUT2D eigenvalue weighted by Gasteiger charge is 2.30. The molecule has 0 unspecified atom stereocenters. The number of para-hydroxylation sites is 1. The Hall–Kier alpha value is -3.63. The number of fused-ring (bicyclic) bond motifs is 1. The van der Waals surface area contributed by atoms with Gasteiger partial charge >= 0.3 is 6.18 Å². The van der Waals surface area contributed by atoms with E-state index < -0.39 is 11.7 Å². The van der Waals surface area contributed by atoms with E-state index in [-0.39, 0.29) is 11.1 Å². The van der Waals surface area contributed by atoms with Crippen LogP contribution in [-0.4, -0.2) is 36.8 Å². The van der Waals surface area contributed by atoms with E-state index in [1.54, 1.807) is 43.0 Å². The summed E-state index contributed by atoms with van der Waals surface area (Å²) in [6.45, 7) is 0.682. The fourth-order valence-electron chi connectivity index (χ4n) is 3.49. The molecule has 0 saturated heterocycles. The molecule has 6 nitrogen and oxygen atoms in total. The highest BCUT2D eigenvalue weighted by molar-refractivity contribution is 7.15. The van der Waals surface area contributed by atoms with Gasteiger partial charge in [0.25, 0.3) is 5.56 Å². The molecule has 0 saturated carbocycles. The van der Waals surface area contributed by atoms with E-state index in [1.807, 2.05) is 6.07 Å². The largest absolute Gasteiger partial charge is 0.493 e. The molecule has 0 bridgehead atoms. The van der Waals surface area contributed by atoms with Crippen LogP contribution in [0.5, 0.6) is 11.5 Å². The van der Waals surface area contributed by atoms with Crippen molar-refractivity contribution in [3.05, 3.63) is 81.2 Å². The third-order valence-electron chi connectivity index (χ3n) is 5.18. The second-order valence-corrected chi connectivity index (χ2v) is 8.23. The van der Waals surface area contributed by atoms with Gasteiger partial charge in [-0.3, -0.25) is 9.20 Å². The lowest BCUT2D eigenvalue weighted by Gasteiger charge is -2.13. The number of hydrogen-bond acceptors (Lipinski definition) is 6. The van der Waals surface area contributed by atoms with Crippen LogP contribution in [0.2, 0.25) is 0 Å². The number of methoxy groups -OCH3 is 2. The summed E-state index contributed by atoms with van der Waals surface area (Å²) < 4.78 is 56.8. The summed E-state index contributed by atoms with van der Waals surface area (Å²) in [6, 6.07) is 9.83. The van der Waals surface area contributed by atoms with Gasteiger partial charge in [0.2, 0.25) is 0 Å². The van der Waals surface area contributed by atoms with E-state index >= 15 is 0 Å². The summed E-state index contributed by atoms with van der Waals surface area (Å²) in [5.74, 6) is 1.02. The molecule has 0 radical (unpaired) electrons. The van der Waals surface area contributed by atoms with Gasteiger partial charge in [0.05, 0.1) is 30.5 Å². The first-order chi connectivity index (χ1) is 16.8. The average Bonchev–Trinajstić information content (AvgIpc) is 3.32. The first-order valence-corrected chi connectivity index (χ1v) is 11.4. The molecule has 2 heterocycles. The van der Waals surface area contributed by atoms with E-state index in [9.17, 15) is 18.0 Å². The number of nitrogens with zero attached hydrogens (tertiary/aromatic N) is 2. The van der Waals surface area contributed by atoms with Crippen LogP contribution in [0.25, 0.3) is 28.2 Å². The van der Waals surface area contributed by atoms with Crippen LogP contribution in [0.1, 0.15) is 16.8 Å². The molecule has 4 aromatic rings. The molecule has 0 N–H and O–H groups in total. The minimum absolute atomic E-state index is 0.190. The maximum absolute atomic E-state index is 13.3. The van der Waals surface area contributed by atoms with Crippen LogP contribution < -0.4 is 15.0 Å². The lowest BCUT2D eigenvalue weighted by Crippen LogP contribution is -2.17. The quantitative estimate of drug-likeness (QED) is 0.292. The van der Waals surface area contributed by atoms with Gasteiger partial charge in [-0.25, -0.2) is 4.98 Å². The highest BCUT2D eigenvalue weighted by Crippen LogP contribution is 2.34. The van der Waals surface area contributed by atoms with Crippen molar-refractivity contribution in [2.45, 2.75) is 6.18 Å². The summed E-state index contributed by atoms with van der Waals surface area (Å²) in [5.41, 5.74) is 0.346. The van der Waals surface area contributed by atoms with Crippen LogP contribution in [0.4, 0.5) is 13.2 Å². The van der Waals surface area contributed by atoms with Gasteiger partial charge in [0.1, 0.15) is 6.61 Å². The topological polar surface area (TPSA) is 62.1 Å². The summed E-state index contributed by atoms with van der Waals surface area (Å²) in [7, 11) is 3.10. The fraction of sp³-hybridized carbons (Fsp3) is 0.200. The van der Waals surface area contributed by atoms with Crippen LogP contribution >= 0.6 is 11.3 Å². The zero-order chi connectivity index (χ0) is 25.0. The number of thiazole rings is 1. The van der Waals surface area contributed by atoms with Crippen LogP contribution in [0, 0.1) is 0 Å². The van der Waals surface area contributed by atoms with E-state index in [1.165, 1.54) is 35.0 Å². The van der Waals surface area contributed by atoms with E-state index in [0.29, 0.717) is 46.5 Å². The lowest BCUT2D eigenvalue weighted by atomic mass is 10.0. The number of hydrogen-bond donors (Lipinski definition) is 0. The van der Waals surface area contributed by atoms with Crippen molar-refractivity contribution in [3.63, 3.8) is 0 Å². The van der Waals surface area contributed by atoms with Crippen LogP contribution in [-0.2, 0) is 10.9 Å². The van der Waals surface area contributed by atoms with Crippen LogP contribution in [0.15, 0.2) is 58.8 Å². The fourth-order valence-corrected chi connectivity index (χ4v) is 4.20. The van der Waals surface area contributed by atoms with Gasteiger partial charge in [-0.05, 0) is 35.9 Å². The predicted octanol–water partition coefficient (Wildman–Crippen LogP) is 5.65. The van der Waals surface area contributed by atoms with E-state index in [0.717, 1.165) is 12.1 Å². The molecule has 0 atom stereocenters. The number of benzene rings is 2. The van der Waals surface area contributed by atoms with Crippen molar-refractivity contribution in [1.82, 2.24) is 9.38 Å². The number of alkyl halides is 3. The van der Waals surface area contributed by atoms with Gasteiger partial charge in [0, 0.05) is 24.3 Å². The molecular formula is C25H21F3N2O4S. The number of ether oxygens (including phenoxy) is 3. The average molecular weight is 503 g/mol. The predicted molar refractivity (Wildman–Crippen MR) is 129 cm³/mol. The third kappa shape index (κ3) is 5.23. The van der Waals surface area contributed by atoms with Gasteiger partial charge < -0.3 is 14.2 Å². The van der Waals surface area contributed by atoms with Crippen molar-refractivity contribution in [2.24, 2.45) is 0 Å². The van der Waals surface area contributed by atoms with Gasteiger partial charge in [-0.1, -0.05) is 24.3 Å². The SMILES string of the molecule is COCCOc1c(/C=C/c2nc3sccn3c(=O)c2-c2ccc(C(F)(F)F)cc2)cccc1OC. The molecule has 4 rings (SSSR count). The standard InChI is InChI=1S/C25H21F3N2O4S/c1-32-13-14-34-22-17(4-3-5-20(22)33-2)8-11-19-21(23(31)30-12-15-35-24(30)29-19)16-6-9-18(10-7-16)25(26,27)28/h3-12,15H,13-14H2,1-2H3/b11-8+. The summed E-state index contributed by atoms with van der Waals surface area (Å²) in [6.07, 6.45) is 0.480. The summed E-state index contributed by atoms with van der Waals surface area (Å²) in [5, 5.41) is 1.72. The molecule has 35 heavy (non-hydrogen) atoms. The maximum Gasteiger partial charge on any atom is 0.416 e. The Labute approximate surface area is 202 Å². The molecule has 0 spiro atoms. The Balaban J connectivity index is 1.81. The molecule has 0 aliphatic heterocycles. The molecule has 182 valence electrons. The molecule has 0 fully saturated rings. The maximum atomic E-state index is 13.3. The Morgan fingerprint density at radius 1 is 1.06 bits per heavy atom.